The molecule has 0 unspecified atom stereocenters. The Hall–Kier alpha value is -2.34. The molecule has 9 nitrogen and oxygen atoms in total. The summed E-state index contributed by atoms with van der Waals surface area (Å²) in [5.41, 5.74) is 19.7. The number of nitrogens with zero attached hydrogens (tertiary/aromatic N) is 5. The van der Waals surface area contributed by atoms with Crippen molar-refractivity contribution >= 4 is 52.2 Å². The summed E-state index contributed by atoms with van der Waals surface area (Å²) >= 11 is 9.16. The molecule has 4 heterocycles. The van der Waals surface area contributed by atoms with E-state index < -0.39 is 0 Å². The Balaban J connectivity index is 1.28. The van der Waals surface area contributed by atoms with Crippen molar-refractivity contribution < 1.29 is 4.74 Å². The molecule has 0 aromatic carbocycles. The minimum Gasteiger partial charge on any atom is -0.473 e. The summed E-state index contributed by atoms with van der Waals surface area (Å²) in [4.78, 5) is 21.9. The highest BCUT2D eigenvalue weighted by atomic mass is 35.5. The van der Waals surface area contributed by atoms with Crippen molar-refractivity contribution in [3.05, 3.63) is 34.1 Å². The van der Waals surface area contributed by atoms with Gasteiger partial charge in [-0.05, 0) is 30.7 Å². The molecule has 32 heavy (non-hydrogen) atoms. The molecule has 1 spiro atoms. The zero-order valence-corrected chi connectivity index (χ0v) is 19.8. The lowest BCUT2D eigenvalue weighted by Gasteiger charge is -2.42. The number of piperidine rings is 1. The summed E-state index contributed by atoms with van der Waals surface area (Å²) in [7, 11) is 1.64. The first kappa shape index (κ1) is 21.5. The van der Waals surface area contributed by atoms with Crippen LogP contribution in [0.1, 0.15) is 29.5 Å². The van der Waals surface area contributed by atoms with Gasteiger partial charge in [-0.15, -0.1) is 0 Å². The van der Waals surface area contributed by atoms with Crippen molar-refractivity contribution in [2.45, 2.75) is 35.2 Å². The van der Waals surface area contributed by atoms with Gasteiger partial charge in [0, 0.05) is 29.1 Å². The molecular formula is C20H23ClN8OS2. The van der Waals surface area contributed by atoms with Crippen LogP contribution in [0.5, 0.6) is 5.19 Å². The molecule has 12 heteroatoms. The minimum absolute atomic E-state index is 0.0454. The van der Waals surface area contributed by atoms with Gasteiger partial charge >= 0.3 is 0 Å². The highest BCUT2D eigenvalue weighted by Crippen LogP contribution is 2.53. The molecule has 1 atom stereocenters. The lowest BCUT2D eigenvalue weighted by molar-refractivity contribution is 0.185. The Bertz CT molecular complexity index is 1160. The van der Waals surface area contributed by atoms with Crippen LogP contribution in [0.3, 0.4) is 0 Å². The Morgan fingerprint density at radius 2 is 2.00 bits per heavy atom. The third-order valence-electron chi connectivity index (χ3n) is 6.27. The summed E-state index contributed by atoms with van der Waals surface area (Å²) in [5.74, 6) is 1.40. The van der Waals surface area contributed by atoms with Gasteiger partial charge in [-0.2, -0.15) is 0 Å². The maximum Gasteiger partial charge on any atom is 0.273 e. The van der Waals surface area contributed by atoms with Crippen molar-refractivity contribution in [3.63, 3.8) is 0 Å². The molecule has 1 aliphatic heterocycles. The van der Waals surface area contributed by atoms with Crippen LogP contribution in [0.2, 0.25) is 5.02 Å². The fourth-order valence-corrected chi connectivity index (χ4v) is 6.51. The van der Waals surface area contributed by atoms with Gasteiger partial charge in [0.05, 0.1) is 30.1 Å². The quantitative estimate of drug-likeness (QED) is 0.499. The second-order valence-electron chi connectivity index (χ2n) is 8.03. The number of rotatable bonds is 4. The van der Waals surface area contributed by atoms with E-state index >= 15 is 0 Å². The first-order valence-electron chi connectivity index (χ1n) is 10.1. The number of methoxy groups -OCH3 is 1. The highest BCUT2D eigenvalue weighted by molar-refractivity contribution is 7.99. The maximum absolute atomic E-state index is 6.64. The van der Waals surface area contributed by atoms with Crippen molar-refractivity contribution in [2.75, 3.05) is 36.6 Å². The molecule has 5 rings (SSSR count). The topological polar surface area (TPSA) is 142 Å². The number of hydrogen-bond donors (Lipinski definition) is 3. The van der Waals surface area contributed by atoms with Gasteiger partial charge in [-0.1, -0.05) is 34.7 Å². The molecule has 0 amide bonds. The molecule has 1 saturated heterocycles. The molecule has 0 saturated carbocycles. The zero-order chi connectivity index (χ0) is 22.5. The Labute approximate surface area is 198 Å². The van der Waals surface area contributed by atoms with E-state index in [1.807, 2.05) is 0 Å². The van der Waals surface area contributed by atoms with E-state index in [4.69, 9.17) is 33.5 Å². The first-order chi connectivity index (χ1) is 15.4. The second-order valence-corrected chi connectivity index (χ2v) is 10.5. The van der Waals surface area contributed by atoms with Gasteiger partial charge in [-0.3, -0.25) is 0 Å². The smallest absolute Gasteiger partial charge is 0.273 e. The highest BCUT2D eigenvalue weighted by Gasteiger charge is 2.48. The van der Waals surface area contributed by atoms with Crippen LogP contribution in [0.4, 0.5) is 17.5 Å². The van der Waals surface area contributed by atoms with Crippen LogP contribution < -0.4 is 26.8 Å². The molecule has 1 fully saturated rings. The van der Waals surface area contributed by atoms with Gasteiger partial charge in [-0.25, -0.2) is 19.9 Å². The number of nitrogens with two attached hydrogens (primary N) is 3. The fraction of sp³-hybridized carbons (Fsp3) is 0.400. The second kappa shape index (κ2) is 8.22. The van der Waals surface area contributed by atoms with Crippen LogP contribution in [-0.2, 0) is 6.42 Å². The van der Waals surface area contributed by atoms with Crippen LogP contribution >= 0.6 is 34.7 Å². The molecule has 3 aromatic rings. The summed E-state index contributed by atoms with van der Waals surface area (Å²) in [6.07, 6.45) is 6.24. The molecule has 3 aromatic heterocycles. The lowest BCUT2D eigenvalue weighted by Crippen LogP contribution is -2.44. The van der Waals surface area contributed by atoms with Gasteiger partial charge in [0.1, 0.15) is 16.7 Å². The van der Waals surface area contributed by atoms with E-state index in [1.54, 1.807) is 36.9 Å². The van der Waals surface area contributed by atoms with E-state index in [0.717, 1.165) is 48.8 Å². The third kappa shape index (κ3) is 3.62. The fourth-order valence-electron chi connectivity index (χ4n) is 4.42. The van der Waals surface area contributed by atoms with E-state index in [-0.39, 0.29) is 17.3 Å². The van der Waals surface area contributed by atoms with Gasteiger partial charge in [0.15, 0.2) is 5.82 Å². The first-order valence-corrected chi connectivity index (χ1v) is 12.2. The number of pyridine rings is 1. The number of aromatic nitrogens is 4. The number of nitrogen functional groups attached to an aromatic ring is 2. The van der Waals surface area contributed by atoms with Crippen LogP contribution in [-0.4, -0.2) is 40.1 Å². The van der Waals surface area contributed by atoms with Gasteiger partial charge in [0.2, 0.25) is 0 Å². The van der Waals surface area contributed by atoms with Crippen molar-refractivity contribution in [1.82, 2.24) is 19.9 Å². The monoisotopic (exact) mass is 490 g/mol. The van der Waals surface area contributed by atoms with E-state index in [2.05, 4.69) is 24.8 Å². The normalized spacial score (nSPS) is 19.3. The molecule has 2 aliphatic rings. The van der Waals surface area contributed by atoms with Gasteiger partial charge in [0.25, 0.3) is 5.19 Å². The molecular weight excluding hydrogens is 468 g/mol. The van der Waals surface area contributed by atoms with E-state index in [0.29, 0.717) is 21.1 Å². The third-order valence-corrected chi connectivity index (χ3v) is 8.88. The number of hydrogen-bond acceptors (Lipinski definition) is 11. The standard InChI is InChI=1S/C20H23ClN8OS2/c1-30-19-28-14-11(32-19)8-20(15(14)22)3-6-29(7-4-20)12-9-26-18(17(24)27-12)31-10-2-5-25-16(23)13(10)21/h2,5,9,15H,3-4,6-8,22H2,1H3,(H2,23,25)(H2,24,27)/t15-/m1/s1. The van der Waals surface area contributed by atoms with Crippen molar-refractivity contribution in [3.8, 4) is 5.19 Å². The van der Waals surface area contributed by atoms with Crippen molar-refractivity contribution in [1.29, 1.82) is 0 Å². The zero-order valence-electron chi connectivity index (χ0n) is 17.4. The van der Waals surface area contributed by atoms with Gasteiger partial charge < -0.3 is 26.8 Å². The summed E-state index contributed by atoms with van der Waals surface area (Å²) in [6.45, 7) is 1.68. The number of ether oxygens (including phenoxy) is 1. The molecule has 6 N–H and O–H groups in total. The molecule has 0 bridgehead atoms. The Kier molecular flexibility index (Phi) is 5.52. The number of fused-ring (bicyclic) bond motifs is 1. The molecule has 168 valence electrons. The van der Waals surface area contributed by atoms with Crippen LogP contribution in [0.25, 0.3) is 0 Å². The largest absolute Gasteiger partial charge is 0.473 e. The predicted molar refractivity (Wildman–Crippen MR) is 127 cm³/mol. The number of halogens is 1. The Morgan fingerprint density at radius 1 is 1.22 bits per heavy atom. The van der Waals surface area contributed by atoms with Crippen LogP contribution in [0, 0.1) is 5.41 Å². The predicted octanol–water partition coefficient (Wildman–Crippen LogP) is 3.15. The lowest BCUT2D eigenvalue weighted by atomic mass is 9.73. The summed E-state index contributed by atoms with van der Waals surface area (Å²) in [6, 6.07) is 1.71. The van der Waals surface area contributed by atoms with Crippen LogP contribution in [0.15, 0.2) is 28.4 Å². The average Bonchev–Trinajstić information content (AvgIpc) is 3.30. The number of anilines is 3. The Morgan fingerprint density at radius 3 is 2.69 bits per heavy atom. The molecule has 1 aliphatic carbocycles. The SMILES string of the molecule is COc1nc2c(s1)CC1(CCN(c3cnc(Sc4ccnc(N)c4Cl)c(N)n3)CC1)[C@@H]2N. The number of thiazole rings is 1. The van der Waals surface area contributed by atoms with E-state index in [1.165, 1.54) is 16.6 Å². The van der Waals surface area contributed by atoms with Crippen molar-refractivity contribution in [2.24, 2.45) is 11.1 Å². The van der Waals surface area contributed by atoms with E-state index in [9.17, 15) is 0 Å². The average molecular weight is 491 g/mol. The summed E-state index contributed by atoms with van der Waals surface area (Å²) in [5, 5.41) is 1.66. The summed E-state index contributed by atoms with van der Waals surface area (Å²) < 4.78 is 5.28. The minimum atomic E-state index is -0.0627. The molecule has 0 radical (unpaired) electrons. The maximum atomic E-state index is 6.64.